The standard InChI is InChI=1S/2C10H9.C6H5.CH3.2ClH.H2Si.Zr/c2*1-8-6-9-4-2-3-5-10(9)7-8;1-2-4-6-5-3-1;;;;;/h2*2-7H,1H3;1-5H;1H3;2*1H;1H2;. The minimum Gasteiger partial charge on any atom is -0.147 e. The largest absolute Gasteiger partial charge is 0.147 e. The van der Waals surface area contributed by atoms with E-state index in [-0.39, 0.29) is 24.8 Å². The van der Waals surface area contributed by atoms with Crippen molar-refractivity contribution >= 4 is 47.1 Å². The molecule has 3 aromatic rings. The van der Waals surface area contributed by atoms with Gasteiger partial charge in [-0.3, -0.25) is 0 Å². The van der Waals surface area contributed by atoms with Crippen molar-refractivity contribution in [1.82, 2.24) is 0 Å². The number of allylic oxidation sites excluding steroid dienone is 2. The average Bonchev–Trinajstić information content (AvgIpc) is 3.25. The van der Waals surface area contributed by atoms with Crippen LogP contribution in [-0.4, -0.2) is 6.88 Å². The second-order valence-corrected chi connectivity index (χ2v) is 35.8. The van der Waals surface area contributed by atoms with E-state index in [0.29, 0.717) is 7.25 Å². The van der Waals surface area contributed by atoms with Crippen LogP contribution in [0.5, 0.6) is 0 Å². The fourth-order valence-electron chi connectivity index (χ4n) is 6.51. The van der Waals surface area contributed by atoms with E-state index in [0.717, 1.165) is 0 Å². The number of hydrogen-bond donors (Lipinski definition) is 0. The van der Waals surface area contributed by atoms with Gasteiger partial charge in [0, 0.05) is 0 Å². The first-order chi connectivity index (χ1) is 13.9. The molecule has 0 nitrogen and oxygen atoms in total. The van der Waals surface area contributed by atoms with E-state index in [1.165, 1.54) is 11.1 Å². The quantitative estimate of drug-likeness (QED) is 0.320. The summed E-state index contributed by atoms with van der Waals surface area (Å²) < 4.78 is 5.42. The molecule has 31 heavy (non-hydrogen) atoms. The van der Waals surface area contributed by atoms with E-state index in [1.54, 1.807) is 25.5 Å². The van der Waals surface area contributed by atoms with Crippen LogP contribution in [0.15, 0.2) is 90.0 Å². The molecule has 0 bridgehead atoms. The maximum atomic E-state index is 2.73. The van der Waals surface area contributed by atoms with Gasteiger partial charge in [-0.15, -0.1) is 24.8 Å². The van der Waals surface area contributed by atoms with Crippen molar-refractivity contribution in [2.45, 2.75) is 25.7 Å². The van der Waals surface area contributed by atoms with Gasteiger partial charge in [0.05, 0.1) is 0 Å². The van der Waals surface area contributed by atoms with Gasteiger partial charge in [-0.2, -0.15) is 0 Å². The summed E-state index contributed by atoms with van der Waals surface area (Å²) in [6.45, 7) is 7.17. The van der Waals surface area contributed by atoms with Crippen LogP contribution in [0.2, 0.25) is 4.63 Å². The van der Waals surface area contributed by atoms with Crippen LogP contribution >= 0.6 is 24.8 Å². The zero-order valence-electron chi connectivity index (χ0n) is 18.3. The molecule has 2 aliphatic carbocycles. The van der Waals surface area contributed by atoms with Crippen LogP contribution in [0.1, 0.15) is 43.4 Å². The Morgan fingerprint density at radius 3 is 1.45 bits per heavy atom. The van der Waals surface area contributed by atoms with E-state index in [2.05, 4.69) is 116 Å². The summed E-state index contributed by atoms with van der Waals surface area (Å²) in [4.78, 5) is 0. The number of rotatable bonds is 3. The van der Waals surface area contributed by atoms with Crippen molar-refractivity contribution in [3.05, 3.63) is 112 Å². The normalized spacial score (nSPS) is 19.4. The Morgan fingerprint density at radius 1 is 0.613 bits per heavy atom. The minimum atomic E-state index is -3.71. The summed E-state index contributed by atoms with van der Waals surface area (Å²) in [6.07, 6.45) is 4.90. The maximum absolute atomic E-state index is 3.71. The summed E-state index contributed by atoms with van der Waals surface area (Å²) in [5, 5.41) is 0. The maximum Gasteiger partial charge on any atom is -0.147 e. The molecule has 0 aromatic heterocycles. The SMILES string of the molecule is CC1=Cc2ccccc2[CH]1[Zr]([CH3])(=[SiH2])([c]1ccccc1)[CH]1C(C)=Cc2ccccc21.Cl.Cl. The number of hydrogen-bond acceptors (Lipinski definition) is 0. The molecule has 0 spiro atoms. The molecule has 0 heterocycles. The molecule has 2 unspecified atom stereocenters. The van der Waals surface area contributed by atoms with Crippen molar-refractivity contribution in [2.75, 3.05) is 0 Å². The van der Waals surface area contributed by atoms with Crippen LogP contribution in [0, 0.1) is 0 Å². The Labute approximate surface area is 201 Å². The molecule has 2 aliphatic rings. The summed E-state index contributed by atoms with van der Waals surface area (Å²) >= 11 is -3.71. The first-order valence-electron chi connectivity index (χ1n) is 10.6. The molecule has 0 fully saturated rings. The third kappa shape index (κ3) is 3.51. The summed E-state index contributed by atoms with van der Waals surface area (Å²) in [7, 11) is 0. The van der Waals surface area contributed by atoms with E-state index in [9.17, 15) is 0 Å². The number of benzene rings is 3. The molecule has 160 valence electrons. The number of halogens is 2. The molecular formula is C27H30Cl2SiZr. The Bertz CT molecular complexity index is 1190. The van der Waals surface area contributed by atoms with Gasteiger partial charge in [0.15, 0.2) is 0 Å². The van der Waals surface area contributed by atoms with E-state index in [1.807, 2.05) is 0 Å². The zero-order valence-corrected chi connectivity index (χ0v) is 23.8. The number of fused-ring (bicyclic) bond motifs is 2. The Balaban J connectivity index is 0.00000136. The molecule has 0 amide bonds. The van der Waals surface area contributed by atoms with Crippen molar-refractivity contribution in [3.63, 3.8) is 0 Å². The summed E-state index contributed by atoms with van der Waals surface area (Å²) in [5.74, 6) is 0. The molecule has 2 atom stereocenters. The van der Waals surface area contributed by atoms with E-state index in [4.69, 9.17) is 0 Å². The first-order valence-corrected chi connectivity index (χ1v) is 23.0. The van der Waals surface area contributed by atoms with Gasteiger partial charge >= 0.3 is 178 Å². The van der Waals surface area contributed by atoms with Crippen LogP contribution in [0.25, 0.3) is 12.2 Å². The second kappa shape index (κ2) is 8.64. The van der Waals surface area contributed by atoms with Gasteiger partial charge in [0.1, 0.15) is 0 Å². The molecule has 0 radical (unpaired) electrons. The molecule has 0 saturated heterocycles. The summed E-state index contributed by atoms with van der Waals surface area (Å²) in [6, 6.07) is 29.7. The van der Waals surface area contributed by atoms with Crippen molar-refractivity contribution < 1.29 is 17.4 Å². The predicted octanol–water partition coefficient (Wildman–Crippen LogP) is 6.76. The molecular weight excluding hydrogens is 515 g/mol. The zero-order chi connectivity index (χ0) is 20.2. The Morgan fingerprint density at radius 2 is 1.00 bits per heavy atom. The van der Waals surface area contributed by atoms with Gasteiger partial charge in [-0.1, -0.05) is 0 Å². The monoisotopic (exact) mass is 542 g/mol. The minimum absolute atomic E-state index is 0. The van der Waals surface area contributed by atoms with Crippen LogP contribution in [-0.2, 0) is 17.4 Å². The molecule has 4 heteroatoms. The molecule has 0 aliphatic heterocycles. The predicted molar refractivity (Wildman–Crippen MR) is 141 cm³/mol. The van der Waals surface area contributed by atoms with Gasteiger partial charge in [-0.25, -0.2) is 0 Å². The van der Waals surface area contributed by atoms with Crippen molar-refractivity contribution in [2.24, 2.45) is 0 Å². The van der Waals surface area contributed by atoms with Crippen LogP contribution in [0.3, 0.4) is 0 Å². The fourth-order valence-corrected chi connectivity index (χ4v) is 31.8. The fraction of sp³-hybridized carbons (Fsp3) is 0.185. The Hall–Kier alpha value is -1.18. The summed E-state index contributed by atoms with van der Waals surface area (Å²) in [5.41, 5.74) is 9.05. The van der Waals surface area contributed by atoms with Gasteiger partial charge < -0.3 is 0 Å². The van der Waals surface area contributed by atoms with Gasteiger partial charge in [-0.05, 0) is 0 Å². The average molecular weight is 545 g/mol. The Kier molecular flexibility index (Phi) is 6.82. The molecule has 5 rings (SSSR count). The van der Waals surface area contributed by atoms with Crippen molar-refractivity contribution in [3.8, 4) is 0 Å². The third-order valence-electron chi connectivity index (χ3n) is 7.50. The van der Waals surface area contributed by atoms with Gasteiger partial charge in [0.25, 0.3) is 0 Å². The first kappa shape index (κ1) is 24.5. The van der Waals surface area contributed by atoms with E-state index >= 15 is 0 Å². The van der Waals surface area contributed by atoms with Crippen LogP contribution in [0.4, 0.5) is 0 Å². The van der Waals surface area contributed by atoms with E-state index < -0.39 is 17.4 Å². The van der Waals surface area contributed by atoms with Crippen molar-refractivity contribution in [1.29, 1.82) is 0 Å². The van der Waals surface area contributed by atoms with Gasteiger partial charge in [0.2, 0.25) is 0 Å². The molecule has 0 N–H and O–H groups in total. The second-order valence-electron chi connectivity index (χ2n) is 9.49. The molecule has 0 saturated carbocycles. The smallest absolute Gasteiger partial charge is 0.147 e. The van der Waals surface area contributed by atoms with Crippen LogP contribution < -0.4 is 3.27 Å². The molecule has 3 aromatic carbocycles. The topological polar surface area (TPSA) is 0 Å². The third-order valence-corrected chi connectivity index (χ3v) is 31.3.